The van der Waals surface area contributed by atoms with Crippen LogP contribution in [0.15, 0.2) is 30.7 Å². The van der Waals surface area contributed by atoms with Crippen molar-refractivity contribution >= 4 is 0 Å². The summed E-state index contributed by atoms with van der Waals surface area (Å²) < 4.78 is 28.5. The van der Waals surface area contributed by atoms with E-state index in [1.165, 1.54) is 17.8 Å². The van der Waals surface area contributed by atoms with Crippen LogP contribution in [0.25, 0.3) is 0 Å². The van der Waals surface area contributed by atoms with Gasteiger partial charge in [-0.25, -0.2) is 13.8 Å². The zero-order valence-corrected chi connectivity index (χ0v) is 11.9. The summed E-state index contributed by atoms with van der Waals surface area (Å²) in [5.74, 6) is -0.513. The quantitative estimate of drug-likeness (QED) is 0.938. The second kappa shape index (κ2) is 6.35. The number of rotatable bonds is 4. The van der Waals surface area contributed by atoms with E-state index in [9.17, 15) is 8.78 Å². The molecule has 1 aromatic carbocycles. The van der Waals surface area contributed by atoms with Gasteiger partial charge in [0.1, 0.15) is 11.6 Å². The lowest BCUT2D eigenvalue weighted by atomic mass is 9.95. The molecule has 2 heterocycles. The SMILES string of the molecule is Fc1cc(F)cc(CCn2cncc2C2CCNCC2)c1. The molecule has 5 heteroatoms. The van der Waals surface area contributed by atoms with Crippen LogP contribution < -0.4 is 5.32 Å². The Hall–Kier alpha value is -1.75. The van der Waals surface area contributed by atoms with Crippen LogP contribution in [0.2, 0.25) is 0 Å². The summed E-state index contributed by atoms with van der Waals surface area (Å²) in [7, 11) is 0. The number of benzene rings is 1. The van der Waals surface area contributed by atoms with Gasteiger partial charge in [0, 0.05) is 30.4 Å². The van der Waals surface area contributed by atoms with Crippen LogP contribution in [0.1, 0.15) is 30.0 Å². The van der Waals surface area contributed by atoms with Crippen molar-refractivity contribution in [1.82, 2.24) is 14.9 Å². The van der Waals surface area contributed by atoms with E-state index in [1.54, 1.807) is 0 Å². The molecule has 1 aliphatic heterocycles. The van der Waals surface area contributed by atoms with Crippen molar-refractivity contribution in [2.45, 2.75) is 31.7 Å². The molecule has 3 nitrogen and oxygen atoms in total. The fourth-order valence-electron chi connectivity index (χ4n) is 2.98. The Morgan fingerprint density at radius 2 is 1.86 bits per heavy atom. The lowest BCUT2D eigenvalue weighted by Crippen LogP contribution is -2.27. The highest BCUT2D eigenvalue weighted by atomic mass is 19.1. The maximum absolute atomic E-state index is 13.2. The smallest absolute Gasteiger partial charge is 0.126 e. The Bertz CT molecular complexity index is 583. The molecular weight excluding hydrogens is 272 g/mol. The van der Waals surface area contributed by atoms with Gasteiger partial charge in [-0.3, -0.25) is 0 Å². The van der Waals surface area contributed by atoms with Crippen molar-refractivity contribution in [2.75, 3.05) is 13.1 Å². The molecule has 21 heavy (non-hydrogen) atoms. The summed E-state index contributed by atoms with van der Waals surface area (Å²) in [6.07, 6.45) is 6.55. The Morgan fingerprint density at radius 1 is 1.14 bits per heavy atom. The van der Waals surface area contributed by atoms with Gasteiger partial charge in [-0.05, 0) is 50.0 Å². The lowest BCUT2D eigenvalue weighted by Gasteiger charge is -2.23. The third-order valence-corrected chi connectivity index (χ3v) is 4.07. The van der Waals surface area contributed by atoms with Gasteiger partial charge in [0.15, 0.2) is 0 Å². The molecule has 1 aliphatic rings. The maximum atomic E-state index is 13.2. The standard InChI is InChI=1S/C16H19F2N3/c17-14-7-12(8-15(18)9-14)3-6-21-11-20-10-16(21)13-1-4-19-5-2-13/h7-11,13,19H,1-6H2. The zero-order chi connectivity index (χ0) is 14.7. The van der Waals surface area contributed by atoms with Crippen LogP contribution in [0.3, 0.4) is 0 Å². The van der Waals surface area contributed by atoms with Crippen LogP contribution in [0, 0.1) is 11.6 Å². The van der Waals surface area contributed by atoms with Crippen molar-refractivity contribution < 1.29 is 8.78 Å². The van der Waals surface area contributed by atoms with E-state index >= 15 is 0 Å². The average Bonchev–Trinajstić information content (AvgIpc) is 2.93. The number of nitrogens with one attached hydrogen (secondary N) is 1. The molecule has 1 N–H and O–H groups in total. The molecule has 2 aromatic rings. The topological polar surface area (TPSA) is 29.9 Å². The van der Waals surface area contributed by atoms with E-state index in [4.69, 9.17) is 0 Å². The van der Waals surface area contributed by atoms with E-state index in [-0.39, 0.29) is 0 Å². The number of hydrogen-bond acceptors (Lipinski definition) is 2. The van der Waals surface area contributed by atoms with E-state index in [0.29, 0.717) is 24.4 Å². The highest BCUT2D eigenvalue weighted by molar-refractivity contribution is 5.18. The van der Waals surface area contributed by atoms with E-state index in [0.717, 1.165) is 32.0 Å². The molecule has 0 unspecified atom stereocenters. The molecular formula is C16H19F2N3. The first-order chi connectivity index (χ1) is 10.2. The lowest BCUT2D eigenvalue weighted by molar-refractivity contribution is 0.438. The average molecular weight is 291 g/mol. The summed E-state index contributed by atoms with van der Waals surface area (Å²) in [6, 6.07) is 3.69. The number of aromatic nitrogens is 2. The molecule has 0 amide bonds. The molecule has 1 saturated heterocycles. The highest BCUT2D eigenvalue weighted by Gasteiger charge is 2.18. The molecule has 0 saturated carbocycles. The van der Waals surface area contributed by atoms with Crippen molar-refractivity contribution in [3.63, 3.8) is 0 Å². The number of aryl methyl sites for hydroxylation is 2. The molecule has 1 fully saturated rings. The highest BCUT2D eigenvalue weighted by Crippen LogP contribution is 2.25. The number of hydrogen-bond donors (Lipinski definition) is 1. The van der Waals surface area contributed by atoms with Gasteiger partial charge in [0.2, 0.25) is 0 Å². The monoisotopic (exact) mass is 291 g/mol. The minimum atomic E-state index is -0.519. The Morgan fingerprint density at radius 3 is 2.57 bits per heavy atom. The van der Waals surface area contributed by atoms with Gasteiger partial charge in [0.25, 0.3) is 0 Å². The Labute approximate surface area is 123 Å². The fraction of sp³-hybridized carbons (Fsp3) is 0.438. The summed E-state index contributed by atoms with van der Waals surface area (Å²) in [5.41, 5.74) is 1.91. The normalized spacial score (nSPS) is 16.3. The van der Waals surface area contributed by atoms with Crippen LogP contribution >= 0.6 is 0 Å². The molecule has 1 aromatic heterocycles. The first-order valence-corrected chi connectivity index (χ1v) is 7.38. The molecule has 0 spiro atoms. The van der Waals surface area contributed by atoms with Crippen LogP contribution in [0.5, 0.6) is 0 Å². The van der Waals surface area contributed by atoms with Gasteiger partial charge in [0.05, 0.1) is 6.33 Å². The number of piperidine rings is 1. The molecule has 0 bridgehead atoms. The molecule has 0 atom stereocenters. The maximum Gasteiger partial charge on any atom is 0.126 e. The van der Waals surface area contributed by atoms with Crippen molar-refractivity contribution in [1.29, 1.82) is 0 Å². The number of halogens is 2. The van der Waals surface area contributed by atoms with E-state index in [1.807, 2.05) is 12.5 Å². The molecule has 0 aliphatic carbocycles. The van der Waals surface area contributed by atoms with Crippen molar-refractivity contribution in [2.24, 2.45) is 0 Å². The second-order valence-corrected chi connectivity index (χ2v) is 5.56. The van der Waals surface area contributed by atoms with Gasteiger partial charge in [-0.15, -0.1) is 0 Å². The summed E-state index contributed by atoms with van der Waals surface area (Å²) in [5, 5.41) is 3.35. The Kier molecular flexibility index (Phi) is 4.29. The molecule has 3 rings (SSSR count). The third kappa shape index (κ3) is 3.47. The molecule has 112 valence electrons. The van der Waals surface area contributed by atoms with Crippen molar-refractivity contribution in [3.05, 3.63) is 53.6 Å². The minimum absolute atomic E-state index is 0.519. The van der Waals surface area contributed by atoms with E-state index < -0.39 is 11.6 Å². The third-order valence-electron chi connectivity index (χ3n) is 4.07. The summed E-state index contributed by atoms with van der Waals surface area (Å²) in [4.78, 5) is 4.24. The minimum Gasteiger partial charge on any atom is -0.334 e. The van der Waals surface area contributed by atoms with Crippen molar-refractivity contribution in [3.8, 4) is 0 Å². The summed E-state index contributed by atoms with van der Waals surface area (Å²) >= 11 is 0. The Balaban J connectivity index is 1.69. The van der Waals surface area contributed by atoms with Crippen LogP contribution in [0.4, 0.5) is 8.78 Å². The first-order valence-electron chi connectivity index (χ1n) is 7.38. The predicted molar refractivity (Wildman–Crippen MR) is 77.1 cm³/mol. The first kappa shape index (κ1) is 14.2. The van der Waals surface area contributed by atoms with E-state index in [2.05, 4.69) is 14.9 Å². The predicted octanol–water partition coefficient (Wildman–Crippen LogP) is 2.87. The number of nitrogens with zero attached hydrogens (tertiary/aromatic N) is 2. The molecule has 0 radical (unpaired) electrons. The second-order valence-electron chi connectivity index (χ2n) is 5.56. The fourth-order valence-corrected chi connectivity index (χ4v) is 2.98. The largest absolute Gasteiger partial charge is 0.334 e. The summed E-state index contributed by atoms with van der Waals surface area (Å²) in [6.45, 7) is 2.76. The zero-order valence-electron chi connectivity index (χ0n) is 11.9. The number of imidazole rings is 1. The van der Waals surface area contributed by atoms with Gasteiger partial charge in [-0.2, -0.15) is 0 Å². The van der Waals surface area contributed by atoms with Gasteiger partial charge < -0.3 is 9.88 Å². The van der Waals surface area contributed by atoms with Gasteiger partial charge in [-0.1, -0.05) is 0 Å². The van der Waals surface area contributed by atoms with Crippen LogP contribution in [-0.4, -0.2) is 22.6 Å². The van der Waals surface area contributed by atoms with Gasteiger partial charge >= 0.3 is 0 Å². The van der Waals surface area contributed by atoms with Crippen LogP contribution in [-0.2, 0) is 13.0 Å².